The van der Waals surface area contributed by atoms with E-state index in [-0.39, 0.29) is 5.75 Å². The molecule has 6 nitrogen and oxygen atoms in total. The number of amides is 3. The fourth-order valence-corrected chi connectivity index (χ4v) is 1.29. The highest BCUT2D eigenvalue weighted by Gasteiger charge is 2.08. The van der Waals surface area contributed by atoms with Crippen molar-refractivity contribution in [2.75, 3.05) is 13.7 Å². The van der Waals surface area contributed by atoms with Crippen molar-refractivity contribution in [2.45, 2.75) is 6.54 Å². The maximum Gasteiger partial charge on any atom is 0.318 e. The second-order valence-corrected chi connectivity index (χ2v) is 3.50. The highest BCUT2D eigenvalue weighted by Crippen LogP contribution is 2.18. The zero-order valence-corrected chi connectivity index (χ0v) is 9.83. The van der Waals surface area contributed by atoms with E-state index >= 15 is 0 Å². The van der Waals surface area contributed by atoms with Gasteiger partial charge < -0.3 is 15.8 Å². The molecule has 0 saturated heterocycles. The Labute approximate surface area is 103 Å². The van der Waals surface area contributed by atoms with Gasteiger partial charge in [-0.2, -0.15) is 0 Å². The molecule has 18 heavy (non-hydrogen) atoms. The molecule has 1 aromatic rings. The van der Waals surface area contributed by atoms with Gasteiger partial charge in [0.2, 0.25) is 0 Å². The van der Waals surface area contributed by atoms with Crippen LogP contribution in [0.1, 0.15) is 5.56 Å². The molecule has 1 rings (SSSR count). The molecule has 0 spiro atoms. The van der Waals surface area contributed by atoms with Crippen molar-refractivity contribution in [1.29, 1.82) is 0 Å². The molecule has 0 aromatic heterocycles. The van der Waals surface area contributed by atoms with E-state index in [4.69, 9.17) is 10.5 Å². The van der Waals surface area contributed by atoms with Crippen LogP contribution in [0.5, 0.6) is 5.75 Å². The van der Waals surface area contributed by atoms with Crippen LogP contribution in [0.25, 0.3) is 0 Å². The predicted molar refractivity (Wildman–Crippen MR) is 62.4 cm³/mol. The first-order valence-corrected chi connectivity index (χ1v) is 5.18. The summed E-state index contributed by atoms with van der Waals surface area (Å²) in [5.41, 5.74) is 5.49. The SMILES string of the molecule is CNCc1ccc(OCC(=O)NC(N)=O)c(F)c1. The average Bonchev–Trinajstić information content (AvgIpc) is 2.27. The van der Waals surface area contributed by atoms with E-state index in [1.165, 1.54) is 12.1 Å². The molecule has 3 amide bonds. The topological polar surface area (TPSA) is 93.4 Å². The van der Waals surface area contributed by atoms with Gasteiger partial charge in [0, 0.05) is 6.54 Å². The van der Waals surface area contributed by atoms with Gasteiger partial charge in [-0.25, -0.2) is 9.18 Å². The van der Waals surface area contributed by atoms with Crippen molar-refractivity contribution < 1.29 is 18.7 Å². The summed E-state index contributed by atoms with van der Waals surface area (Å²) in [5.74, 6) is -1.37. The normalized spacial score (nSPS) is 9.89. The number of nitrogens with one attached hydrogen (secondary N) is 2. The Balaban J connectivity index is 2.57. The maximum atomic E-state index is 13.5. The molecule has 0 aliphatic rings. The first-order valence-electron chi connectivity index (χ1n) is 5.18. The number of imide groups is 1. The van der Waals surface area contributed by atoms with Crippen LogP contribution in [0.15, 0.2) is 18.2 Å². The lowest BCUT2D eigenvalue weighted by molar-refractivity contribution is -0.121. The predicted octanol–water partition coefficient (Wildman–Crippen LogP) is 0.119. The van der Waals surface area contributed by atoms with Gasteiger partial charge in [0.05, 0.1) is 0 Å². The average molecular weight is 255 g/mol. The number of primary amides is 1. The number of urea groups is 1. The van der Waals surface area contributed by atoms with Crippen LogP contribution in [-0.4, -0.2) is 25.6 Å². The largest absolute Gasteiger partial charge is 0.481 e. The highest BCUT2D eigenvalue weighted by molar-refractivity contribution is 5.94. The zero-order chi connectivity index (χ0) is 13.5. The lowest BCUT2D eigenvalue weighted by Crippen LogP contribution is -2.38. The van der Waals surface area contributed by atoms with Crippen LogP contribution < -0.4 is 21.1 Å². The van der Waals surface area contributed by atoms with E-state index in [0.717, 1.165) is 5.56 Å². The molecule has 0 saturated carbocycles. The first kappa shape index (κ1) is 13.9. The smallest absolute Gasteiger partial charge is 0.318 e. The van der Waals surface area contributed by atoms with Gasteiger partial charge in [-0.3, -0.25) is 10.1 Å². The standard InChI is InChI=1S/C11H14FN3O3/c1-14-5-7-2-3-9(8(12)4-7)18-6-10(16)15-11(13)17/h2-4,14H,5-6H2,1H3,(H3,13,15,16,17). The van der Waals surface area contributed by atoms with Gasteiger partial charge in [-0.15, -0.1) is 0 Å². The minimum Gasteiger partial charge on any atom is -0.481 e. The fourth-order valence-electron chi connectivity index (χ4n) is 1.29. The minimum absolute atomic E-state index is 0.0607. The molecular formula is C11H14FN3O3. The summed E-state index contributed by atoms with van der Waals surface area (Å²) in [4.78, 5) is 21.4. The summed E-state index contributed by atoms with van der Waals surface area (Å²) < 4.78 is 18.4. The van der Waals surface area contributed by atoms with Crippen LogP contribution in [0.3, 0.4) is 0 Å². The molecule has 0 atom stereocenters. The Morgan fingerprint density at radius 3 is 2.72 bits per heavy atom. The third-order valence-electron chi connectivity index (χ3n) is 2.00. The fraction of sp³-hybridized carbons (Fsp3) is 0.273. The van der Waals surface area contributed by atoms with Crippen molar-refractivity contribution in [2.24, 2.45) is 5.73 Å². The summed E-state index contributed by atoms with van der Waals surface area (Å²) in [6.07, 6.45) is 0. The molecule has 0 aliphatic carbocycles. The summed E-state index contributed by atoms with van der Waals surface area (Å²) in [6, 6.07) is 3.41. The highest BCUT2D eigenvalue weighted by atomic mass is 19.1. The van der Waals surface area contributed by atoms with Crippen LogP contribution in [0, 0.1) is 5.82 Å². The quantitative estimate of drug-likeness (QED) is 0.696. The van der Waals surface area contributed by atoms with E-state index in [1.54, 1.807) is 18.4 Å². The molecule has 0 heterocycles. The summed E-state index contributed by atoms with van der Waals surface area (Å²) in [7, 11) is 1.75. The summed E-state index contributed by atoms with van der Waals surface area (Å²) in [5, 5.41) is 4.69. The molecule has 0 aliphatic heterocycles. The number of carbonyl (C=O) groups excluding carboxylic acids is 2. The van der Waals surface area contributed by atoms with Crippen molar-refractivity contribution in [3.05, 3.63) is 29.6 Å². The molecular weight excluding hydrogens is 241 g/mol. The molecule has 1 aromatic carbocycles. The van der Waals surface area contributed by atoms with E-state index < -0.39 is 24.4 Å². The molecule has 0 radical (unpaired) electrons. The lowest BCUT2D eigenvalue weighted by Gasteiger charge is -2.08. The van der Waals surface area contributed by atoms with Crippen LogP contribution in [0.4, 0.5) is 9.18 Å². The van der Waals surface area contributed by atoms with Crippen molar-refractivity contribution in [3.8, 4) is 5.75 Å². The van der Waals surface area contributed by atoms with Crippen molar-refractivity contribution in [3.63, 3.8) is 0 Å². The van der Waals surface area contributed by atoms with Crippen LogP contribution in [0.2, 0.25) is 0 Å². The van der Waals surface area contributed by atoms with Gasteiger partial charge in [-0.05, 0) is 24.7 Å². The number of hydrogen-bond acceptors (Lipinski definition) is 4. The Morgan fingerprint density at radius 2 is 2.17 bits per heavy atom. The van der Waals surface area contributed by atoms with Gasteiger partial charge in [-0.1, -0.05) is 6.07 Å². The summed E-state index contributed by atoms with van der Waals surface area (Å²) in [6.45, 7) is 0.0462. The molecule has 4 N–H and O–H groups in total. The lowest BCUT2D eigenvalue weighted by atomic mass is 10.2. The van der Waals surface area contributed by atoms with Gasteiger partial charge in [0.1, 0.15) is 0 Å². The number of benzene rings is 1. The molecule has 7 heteroatoms. The van der Waals surface area contributed by atoms with Crippen molar-refractivity contribution >= 4 is 11.9 Å². The number of carbonyl (C=O) groups is 2. The third kappa shape index (κ3) is 4.38. The third-order valence-corrected chi connectivity index (χ3v) is 2.00. The Kier molecular flexibility index (Phi) is 5.06. The second kappa shape index (κ2) is 6.55. The monoisotopic (exact) mass is 255 g/mol. The molecule has 98 valence electrons. The van der Waals surface area contributed by atoms with Gasteiger partial charge in [0.15, 0.2) is 18.2 Å². The van der Waals surface area contributed by atoms with Crippen LogP contribution in [-0.2, 0) is 11.3 Å². The second-order valence-electron chi connectivity index (χ2n) is 3.50. The molecule has 0 fully saturated rings. The molecule has 0 bridgehead atoms. The molecule has 0 unspecified atom stereocenters. The number of halogens is 1. The minimum atomic E-state index is -0.978. The number of rotatable bonds is 5. The van der Waals surface area contributed by atoms with E-state index in [2.05, 4.69) is 5.32 Å². The van der Waals surface area contributed by atoms with Gasteiger partial charge >= 0.3 is 6.03 Å². The first-order chi connectivity index (χ1) is 8.52. The van der Waals surface area contributed by atoms with Crippen molar-refractivity contribution in [1.82, 2.24) is 10.6 Å². The summed E-state index contributed by atoms with van der Waals surface area (Å²) >= 11 is 0. The zero-order valence-electron chi connectivity index (χ0n) is 9.83. The van der Waals surface area contributed by atoms with Gasteiger partial charge in [0.25, 0.3) is 5.91 Å². The number of hydrogen-bond donors (Lipinski definition) is 3. The van der Waals surface area contributed by atoms with Crippen LogP contribution >= 0.6 is 0 Å². The number of ether oxygens (including phenoxy) is 1. The maximum absolute atomic E-state index is 13.5. The number of nitrogens with two attached hydrogens (primary N) is 1. The van der Waals surface area contributed by atoms with E-state index in [9.17, 15) is 14.0 Å². The Morgan fingerprint density at radius 1 is 1.44 bits per heavy atom. The van der Waals surface area contributed by atoms with E-state index in [0.29, 0.717) is 6.54 Å². The Bertz CT molecular complexity index is 451. The Hall–Kier alpha value is -2.15. The van der Waals surface area contributed by atoms with E-state index in [1.807, 2.05) is 0 Å².